The lowest BCUT2D eigenvalue weighted by Crippen LogP contribution is -2.43. The highest BCUT2D eigenvalue weighted by atomic mass is 16.5. The summed E-state index contributed by atoms with van der Waals surface area (Å²) in [4.78, 5) is 43.1. The van der Waals surface area contributed by atoms with Gasteiger partial charge in [-0.15, -0.1) is 0 Å². The van der Waals surface area contributed by atoms with Gasteiger partial charge >= 0.3 is 5.97 Å². The summed E-state index contributed by atoms with van der Waals surface area (Å²) in [5.41, 5.74) is 1.55. The van der Waals surface area contributed by atoms with Crippen LogP contribution in [0.3, 0.4) is 0 Å². The number of ether oxygens (including phenoxy) is 1. The largest absolute Gasteiger partial charge is 0.465 e. The Morgan fingerprint density at radius 1 is 1.14 bits per heavy atom. The first kappa shape index (κ1) is 19.5. The molecule has 28 heavy (non-hydrogen) atoms. The molecule has 2 amide bonds. The molecule has 1 aromatic heterocycles. The third-order valence-electron chi connectivity index (χ3n) is 4.75. The molecule has 1 unspecified atom stereocenters. The smallest absolute Gasteiger partial charge is 0.337 e. The van der Waals surface area contributed by atoms with E-state index in [1.54, 1.807) is 29.2 Å². The number of nitrogens with zero attached hydrogens (tertiary/aromatic N) is 2. The molecule has 1 atom stereocenters. The molecule has 0 radical (unpaired) electrons. The van der Waals surface area contributed by atoms with Crippen LogP contribution >= 0.6 is 0 Å². The molecule has 2 heterocycles. The summed E-state index contributed by atoms with van der Waals surface area (Å²) in [5, 5.41) is 2.83. The van der Waals surface area contributed by atoms with Crippen molar-refractivity contribution in [3.8, 4) is 0 Å². The summed E-state index contributed by atoms with van der Waals surface area (Å²) < 4.78 is 4.71. The van der Waals surface area contributed by atoms with Crippen LogP contribution in [0.2, 0.25) is 0 Å². The zero-order valence-corrected chi connectivity index (χ0v) is 16.0. The van der Waals surface area contributed by atoms with Gasteiger partial charge in [-0.3, -0.25) is 9.59 Å². The highest BCUT2D eigenvalue weighted by molar-refractivity contribution is 5.98. The minimum absolute atomic E-state index is 0.140. The van der Waals surface area contributed by atoms with E-state index in [1.807, 2.05) is 19.1 Å². The molecule has 146 valence electrons. The number of esters is 1. The number of piperidine rings is 1. The maximum absolute atomic E-state index is 12.9. The van der Waals surface area contributed by atoms with Crippen molar-refractivity contribution in [3.05, 3.63) is 59.3 Å². The number of anilines is 1. The summed E-state index contributed by atoms with van der Waals surface area (Å²) in [7, 11) is 1.30. The first-order valence-electron chi connectivity index (χ1n) is 9.20. The topological polar surface area (TPSA) is 88.6 Å². The molecule has 2 aromatic rings. The molecule has 7 nitrogen and oxygen atoms in total. The van der Waals surface area contributed by atoms with Crippen LogP contribution in [0.4, 0.5) is 5.82 Å². The lowest BCUT2D eigenvalue weighted by atomic mass is 9.96. The van der Waals surface area contributed by atoms with Gasteiger partial charge in [-0.25, -0.2) is 9.78 Å². The van der Waals surface area contributed by atoms with Gasteiger partial charge in [-0.2, -0.15) is 0 Å². The van der Waals surface area contributed by atoms with Crippen LogP contribution in [-0.2, 0) is 9.53 Å². The number of nitrogens with one attached hydrogen (secondary N) is 1. The Bertz CT molecular complexity index is 897. The molecule has 3 rings (SSSR count). The molecule has 7 heteroatoms. The molecule has 1 fully saturated rings. The molecule has 0 aliphatic carbocycles. The number of likely N-dealkylation sites (tertiary alicyclic amines) is 1. The molecule has 1 aliphatic rings. The van der Waals surface area contributed by atoms with Crippen molar-refractivity contribution in [2.24, 2.45) is 5.92 Å². The number of hydrogen-bond donors (Lipinski definition) is 1. The van der Waals surface area contributed by atoms with Crippen LogP contribution in [0.25, 0.3) is 0 Å². The summed E-state index contributed by atoms with van der Waals surface area (Å²) in [6.45, 7) is 2.77. The fourth-order valence-corrected chi connectivity index (χ4v) is 3.30. The van der Waals surface area contributed by atoms with Crippen LogP contribution < -0.4 is 5.32 Å². The Morgan fingerprint density at radius 3 is 2.64 bits per heavy atom. The van der Waals surface area contributed by atoms with Gasteiger partial charge < -0.3 is 15.0 Å². The molecule has 1 aromatic carbocycles. The number of rotatable bonds is 4. The van der Waals surface area contributed by atoms with Gasteiger partial charge in [0, 0.05) is 24.3 Å². The van der Waals surface area contributed by atoms with E-state index < -0.39 is 5.97 Å². The number of carbonyl (C=O) groups is 3. The number of hydrogen-bond acceptors (Lipinski definition) is 5. The van der Waals surface area contributed by atoms with Gasteiger partial charge in [0.05, 0.1) is 18.6 Å². The Hall–Kier alpha value is -3.22. The third-order valence-corrected chi connectivity index (χ3v) is 4.75. The van der Waals surface area contributed by atoms with Crippen molar-refractivity contribution < 1.29 is 19.1 Å². The molecule has 1 N–H and O–H groups in total. The van der Waals surface area contributed by atoms with E-state index >= 15 is 0 Å². The standard InChI is InChI=1S/C21H23N3O4/c1-14-6-3-10-18(22-14)23-19(25)17-9-5-11-24(13-17)20(26)15-7-4-8-16(12-15)21(27)28-2/h3-4,6-8,10,12,17H,5,9,11,13H2,1-2H3,(H,22,23,25). The van der Waals surface area contributed by atoms with Gasteiger partial charge in [-0.05, 0) is 50.1 Å². The minimum Gasteiger partial charge on any atom is -0.465 e. The third kappa shape index (κ3) is 4.54. The van der Waals surface area contributed by atoms with E-state index in [4.69, 9.17) is 4.74 Å². The maximum Gasteiger partial charge on any atom is 0.337 e. The van der Waals surface area contributed by atoms with E-state index in [2.05, 4.69) is 10.3 Å². The second-order valence-corrected chi connectivity index (χ2v) is 6.82. The van der Waals surface area contributed by atoms with Crippen molar-refractivity contribution in [3.63, 3.8) is 0 Å². The Kier molecular flexibility index (Phi) is 6.03. The molecule has 0 bridgehead atoms. The number of methoxy groups -OCH3 is 1. The molecule has 1 saturated heterocycles. The van der Waals surface area contributed by atoms with E-state index in [1.165, 1.54) is 13.2 Å². The Labute approximate surface area is 163 Å². The average molecular weight is 381 g/mol. The Balaban J connectivity index is 1.68. The fraction of sp³-hybridized carbons (Fsp3) is 0.333. The number of pyridine rings is 1. The highest BCUT2D eigenvalue weighted by Crippen LogP contribution is 2.21. The van der Waals surface area contributed by atoms with Crippen LogP contribution in [-0.4, -0.2) is 47.9 Å². The number of benzene rings is 1. The van der Waals surface area contributed by atoms with Gasteiger partial charge in [0.2, 0.25) is 5.91 Å². The number of amides is 2. The van der Waals surface area contributed by atoms with E-state index in [-0.39, 0.29) is 17.7 Å². The quantitative estimate of drug-likeness (QED) is 0.823. The van der Waals surface area contributed by atoms with Gasteiger partial charge in [-0.1, -0.05) is 12.1 Å². The SMILES string of the molecule is COC(=O)c1cccc(C(=O)N2CCCC(C(=O)Nc3cccc(C)n3)C2)c1. The van der Waals surface area contributed by atoms with Gasteiger partial charge in [0.1, 0.15) is 5.82 Å². The van der Waals surface area contributed by atoms with Crippen molar-refractivity contribution in [1.29, 1.82) is 0 Å². The molecule has 1 aliphatic heterocycles. The Morgan fingerprint density at radius 2 is 1.89 bits per heavy atom. The monoisotopic (exact) mass is 381 g/mol. The lowest BCUT2D eigenvalue weighted by Gasteiger charge is -2.32. The van der Waals surface area contributed by atoms with Gasteiger partial charge in [0.15, 0.2) is 0 Å². The minimum atomic E-state index is -0.490. The first-order valence-corrected chi connectivity index (χ1v) is 9.20. The number of aromatic nitrogens is 1. The average Bonchev–Trinajstić information content (AvgIpc) is 2.72. The van der Waals surface area contributed by atoms with Crippen LogP contribution in [0, 0.1) is 12.8 Å². The maximum atomic E-state index is 12.9. The van der Waals surface area contributed by atoms with E-state index in [9.17, 15) is 14.4 Å². The second-order valence-electron chi connectivity index (χ2n) is 6.82. The molecule has 0 saturated carbocycles. The zero-order valence-electron chi connectivity index (χ0n) is 16.0. The van der Waals surface area contributed by atoms with Crippen LogP contribution in [0.15, 0.2) is 42.5 Å². The van der Waals surface area contributed by atoms with Crippen molar-refractivity contribution in [2.75, 3.05) is 25.5 Å². The van der Waals surface area contributed by atoms with Gasteiger partial charge in [0.25, 0.3) is 5.91 Å². The van der Waals surface area contributed by atoms with Crippen molar-refractivity contribution >= 4 is 23.6 Å². The summed E-state index contributed by atoms with van der Waals surface area (Å²) >= 11 is 0. The molecular weight excluding hydrogens is 358 g/mol. The predicted octanol–water partition coefficient (Wildman–Crippen LogP) is 2.67. The highest BCUT2D eigenvalue weighted by Gasteiger charge is 2.29. The fourth-order valence-electron chi connectivity index (χ4n) is 3.30. The second kappa shape index (κ2) is 8.65. The van der Waals surface area contributed by atoms with Crippen LogP contribution in [0.5, 0.6) is 0 Å². The van der Waals surface area contributed by atoms with E-state index in [0.717, 1.165) is 12.1 Å². The summed E-state index contributed by atoms with van der Waals surface area (Å²) in [6.07, 6.45) is 1.45. The van der Waals surface area contributed by atoms with Crippen molar-refractivity contribution in [2.45, 2.75) is 19.8 Å². The number of carbonyl (C=O) groups excluding carboxylic acids is 3. The lowest BCUT2D eigenvalue weighted by molar-refractivity contribution is -0.121. The normalized spacial score (nSPS) is 16.4. The number of aryl methyl sites for hydroxylation is 1. The zero-order chi connectivity index (χ0) is 20.1. The summed E-state index contributed by atoms with van der Waals surface area (Å²) in [5.74, 6) is -0.616. The van der Waals surface area contributed by atoms with Crippen LogP contribution in [0.1, 0.15) is 39.3 Å². The van der Waals surface area contributed by atoms with Crippen molar-refractivity contribution in [1.82, 2.24) is 9.88 Å². The molecular formula is C21H23N3O4. The summed E-state index contributed by atoms with van der Waals surface area (Å²) in [6, 6.07) is 11.9. The first-order chi connectivity index (χ1) is 13.5. The molecule has 0 spiro atoms. The predicted molar refractivity (Wildman–Crippen MR) is 104 cm³/mol. The van der Waals surface area contributed by atoms with E-state index in [0.29, 0.717) is 36.5 Å².